The number of carbonyl (C=O) groups excluding carboxylic acids is 1. The molecular formula is C13H16ClIN2O3. The molecule has 0 saturated carbocycles. The highest BCUT2D eigenvalue weighted by atomic mass is 127. The summed E-state index contributed by atoms with van der Waals surface area (Å²) in [7, 11) is 0. The number of carboxylic acid groups (broad SMARTS) is 1. The van der Waals surface area contributed by atoms with Crippen molar-refractivity contribution in [2.75, 3.05) is 5.32 Å². The average Bonchev–Trinajstić information content (AvgIpc) is 2.28. The molecule has 0 aromatic heterocycles. The highest BCUT2D eigenvalue weighted by molar-refractivity contribution is 14.1. The predicted octanol–water partition coefficient (Wildman–Crippen LogP) is 3.57. The Hall–Kier alpha value is -1.02. The summed E-state index contributed by atoms with van der Waals surface area (Å²) in [6, 6.07) is 3.56. The second kappa shape index (κ2) is 6.62. The molecule has 3 N–H and O–H groups in total. The van der Waals surface area contributed by atoms with Gasteiger partial charge in [-0.15, -0.1) is 0 Å². The average molecular weight is 411 g/mol. The van der Waals surface area contributed by atoms with Crippen LogP contribution in [-0.4, -0.2) is 23.1 Å². The largest absolute Gasteiger partial charge is 0.480 e. The van der Waals surface area contributed by atoms with E-state index in [9.17, 15) is 9.59 Å². The van der Waals surface area contributed by atoms with E-state index in [0.717, 1.165) is 3.57 Å². The summed E-state index contributed by atoms with van der Waals surface area (Å²) in [5.74, 6) is -1.08. The SMILES string of the molecule is CC(C)(C)[C@@H](NC(=O)Nc1ccc(I)cc1Cl)C(=O)O. The van der Waals surface area contributed by atoms with Crippen LogP contribution in [0.5, 0.6) is 0 Å². The van der Waals surface area contributed by atoms with Crippen molar-refractivity contribution >= 4 is 51.9 Å². The number of halogens is 2. The van der Waals surface area contributed by atoms with Crippen molar-refractivity contribution in [3.8, 4) is 0 Å². The van der Waals surface area contributed by atoms with Gasteiger partial charge < -0.3 is 15.7 Å². The number of hydrogen-bond acceptors (Lipinski definition) is 2. The summed E-state index contributed by atoms with van der Waals surface area (Å²) < 4.78 is 0.941. The molecule has 1 atom stereocenters. The zero-order valence-corrected chi connectivity index (χ0v) is 14.2. The Morgan fingerprint density at radius 1 is 1.35 bits per heavy atom. The van der Waals surface area contributed by atoms with Gasteiger partial charge in [-0.05, 0) is 46.2 Å². The molecule has 0 aliphatic rings. The molecule has 1 rings (SSSR count). The van der Waals surface area contributed by atoms with Gasteiger partial charge in [-0.3, -0.25) is 0 Å². The number of hydrogen-bond donors (Lipinski definition) is 3. The smallest absolute Gasteiger partial charge is 0.326 e. The summed E-state index contributed by atoms with van der Waals surface area (Å²) >= 11 is 8.10. The standard InChI is InChI=1S/C13H16ClIN2O3/c1-13(2,3)10(11(18)19)17-12(20)16-9-5-4-7(15)6-8(9)14/h4-6,10H,1-3H3,(H,18,19)(H2,16,17,20)/t10-/m0/s1. The zero-order valence-electron chi connectivity index (χ0n) is 11.3. The number of carbonyl (C=O) groups is 2. The minimum absolute atomic E-state index is 0.398. The molecule has 7 heteroatoms. The molecule has 0 heterocycles. The fourth-order valence-corrected chi connectivity index (χ4v) is 2.43. The lowest BCUT2D eigenvalue weighted by molar-refractivity contribution is -0.141. The minimum Gasteiger partial charge on any atom is -0.480 e. The van der Waals surface area contributed by atoms with Crippen LogP contribution in [0.3, 0.4) is 0 Å². The number of urea groups is 1. The van der Waals surface area contributed by atoms with E-state index in [1.165, 1.54) is 0 Å². The first kappa shape index (κ1) is 17.0. The fourth-order valence-electron chi connectivity index (χ4n) is 1.53. The van der Waals surface area contributed by atoms with E-state index < -0.39 is 23.5 Å². The number of aliphatic carboxylic acids is 1. The Bertz CT molecular complexity index is 529. The molecule has 110 valence electrons. The van der Waals surface area contributed by atoms with Gasteiger partial charge in [-0.1, -0.05) is 32.4 Å². The highest BCUT2D eigenvalue weighted by Gasteiger charge is 2.32. The Morgan fingerprint density at radius 3 is 2.40 bits per heavy atom. The van der Waals surface area contributed by atoms with E-state index in [4.69, 9.17) is 16.7 Å². The summed E-state index contributed by atoms with van der Waals surface area (Å²) in [5.41, 5.74) is -0.165. The number of benzene rings is 1. The number of anilines is 1. The van der Waals surface area contributed by atoms with Gasteiger partial charge in [0, 0.05) is 3.57 Å². The van der Waals surface area contributed by atoms with Crippen molar-refractivity contribution < 1.29 is 14.7 Å². The normalized spacial score (nSPS) is 12.7. The van der Waals surface area contributed by atoms with E-state index in [0.29, 0.717) is 10.7 Å². The molecule has 0 saturated heterocycles. The number of carboxylic acids is 1. The molecular weight excluding hydrogens is 395 g/mol. The number of amides is 2. The summed E-state index contributed by atoms with van der Waals surface area (Å²) in [6.45, 7) is 5.22. The number of nitrogens with one attached hydrogen (secondary N) is 2. The van der Waals surface area contributed by atoms with Crippen LogP contribution in [0.15, 0.2) is 18.2 Å². The maximum absolute atomic E-state index is 11.9. The van der Waals surface area contributed by atoms with Crippen LogP contribution in [0.25, 0.3) is 0 Å². The molecule has 0 unspecified atom stereocenters. The summed E-state index contributed by atoms with van der Waals surface area (Å²) in [4.78, 5) is 23.0. The van der Waals surface area contributed by atoms with Crippen LogP contribution in [-0.2, 0) is 4.79 Å². The molecule has 2 amide bonds. The molecule has 0 radical (unpaired) electrons. The molecule has 0 bridgehead atoms. The van der Waals surface area contributed by atoms with E-state index >= 15 is 0 Å². The van der Waals surface area contributed by atoms with E-state index in [-0.39, 0.29) is 0 Å². The molecule has 1 aromatic carbocycles. The van der Waals surface area contributed by atoms with E-state index in [1.54, 1.807) is 39.0 Å². The number of rotatable bonds is 3. The lowest BCUT2D eigenvalue weighted by Gasteiger charge is -2.27. The lowest BCUT2D eigenvalue weighted by Crippen LogP contribution is -2.50. The van der Waals surface area contributed by atoms with Gasteiger partial charge in [0.15, 0.2) is 0 Å². The van der Waals surface area contributed by atoms with Crippen LogP contribution < -0.4 is 10.6 Å². The molecule has 0 spiro atoms. The van der Waals surface area contributed by atoms with Crippen LogP contribution in [0.4, 0.5) is 10.5 Å². The maximum atomic E-state index is 11.9. The first-order valence-electron chi connectivity index (χ1n) is 5.86. The Kier molecular flexibility index (Phi) is 5.64. The molecule has 1 aromatic rings. The Morgan fingerprint density at radius 2 is 1.95 bits per heavy atom. The topological polar surface area (TPSA) is 78.4 Å². The zero-order chi connectivity index (χ0) is 15.5. The highest BCUT2D eigenvalue weighted by Crippen LogP contribution is 2.24. The van der Waals surface area contributed by atoms with Crippen molar-refractivity contribution in [1.82, 2.24) is 5.32 Å². The van der Waals surface area contributed by atoms with Crippen molar-refractivity contribution in [3.05, 3.63) is 26.8 Å². The van der Waals surface area contributed by atoms with Crippen molar-refractivity contribution in [1.29, 1.82) is 0 Å². The van der Waals surface area contributed by atoms with Gasteiger partial charge in [-0.25, -0.2) is 9.59 Å². The van der Waals surface area contributed by atoms with Crippen LogP contribution in [0, 0.1) is 8.99 Å². The molecule has 0 aliphatic heterocycles. The van der Waals surface area contributed by atoms with Crippen LogP contribution >= 0.6 is 34.2 Å². The van der Waals surface area contributed by atoms with Crippen molar-refractivity contribution in [3.63, 3.8) is 0 Å². The van der Waals surface area contributed by atoms with Crippen molar-refractivity contribution in [2.24, 2.45) is 5.41 Å². The third-order valence-electron chi connectivity index (χ3n) is 2.57. The molecule has 20 heavy (non-hydrogen) atoms. The lowest BCUT2D eigenvalue weighted by atomic mass is 9.87. The Labute approximate surface area is 136 Å². The van der Waals surface area contributed by atoms with E-state index in [2.05, 4.69) is 33.2 Å². The van der Waals surface area contributed by atoms with Gasteiger partial charge in [-0.2, -0.15) is 0 Å². The van der Waals surface area contributed by atoms with Gasteiger partial charge in [0.2, 0.25) is 0 Å². The second-order valence-electron chi connectivity index (χ2n) is 5.36. The first-order valence-corrected chi connectivity index (χ1v) is 7.32. The summed E-state index contributed by atoms with van der Waals surface area (Å²) in [5, 5.41) is 14.5. The third-order valence-corrected chi connectivity index (χ3v) is 3.55. The minimum atomic E-state index is -1.08. The molecule has 0 fully saturated rings. The third kappa shape index (κ3) is 4.82. The Balaban J connectivity index is 2.79. The molecule has 5 nitrogen and oxygen atoms in total. The predicted molar refractivity (Wildman–Crippen MR) is 87.2 cm³/mol. The van der Waals surface area contributed by atoms with Crippen LogP contribution in [0.1, 0.15) is 20.8 Å². The van der Waals surface area contributed by atoms with E-state index in [1.807, 2.05) is 0 Å². The quantitative estimate of drug-likeness (QED) is 0.667. The fraction of sp³-hybridized carbons (Fsp3) is 0.385. The first-order chi connectivity index (χ1) is 9.11. The van der Waals surface area contributed by atoms with Gasteiger partial charge in [0.25, 0.3) is 0 Å². The summed E-state index contributed by atoms with van der Waals surface area (Å²) in [6.07, 6.45) is 0. The maximum Gasteiger partial charge on any atom is 0.326 e. The second-order valence-corrected chi connectivity index (χ2v) is 7.01. The van der Waals surface area contributed by atoms with Gasteiger partial charge in [0.05, 0.1) is 10.7 Å². The van der Waals surface area contributed by atoms with Crippen molar-refractivity contribution in [2.45, 2.75) is 26.8 Å². The van der Waals surface area contributed by atoms with Gasteiger partial charge in [0.1, 0.15) is 6.04 Å². The van der Waals surface area contributed by atoms with Crippen LogP contribution in [0.2, 0.25) is 5.02 Å². The van der Waals surface area contributed by atoms with Gasteiger partial charge >= 0.3 is 12.0 Å². The molecule has 0 aliphatic carbocycles. The monoisotopic (exact) mass is 410 g/mol.